The molecule has 0 aromatic carbocycles. The minimum atomic E-state index is 0. The van der Waals surface area contributed by atoms with E-state index in [2.05, 4.69) is 22.5 Å². The highest BCUT2D eigenvalue weighted by Gasteiger charge is 2.22. The third-order valence-corrected chi connectivity index (χ3v) is 4.26. The van der Waals surface area contributed by atoms with E-state index in [1.807, 2.05) is 7.05 Å². The predicted octanol–water partition coefficient (Wildman–Crippen LogP) is 3.68. The highest BCUT2D eigenvalue weighted by Crippen LogP contribution is 2.27. The Morgan fingerprint density at radius 2 is 1.84 bits per heavy atom. The van der Waals surface area contributed by atoms with E-state index in [1.165, 1.54) is 57.8 Å². The molecule has 1 atom stereocenters. The maximum absolute atomic E-state index is 4.30. The molecule has 0 saturated heterocycles. The highest BCUT2D eigenvalue weighted by atomic mass is 127. The van der Waals surface area contributed by atoms with Gasteiger partial charge in [0.1, 0.15) is 0 Å². The van der Waals surface area contributed by atoms with Gasteiger partial charge in [0.05, 0.1) is 0 Å². The molecule has 0 aromatic rings. The van der Waals surface area contributed by atoms with Crippen molar-refractivity contribution in [1.82, 2.24) is 10.6 Å². The topological polar surface area (TPSA) is 36.4 Å². The molecule has 112 valence electrons. The van der Waals surface area contributed by atoms with E-state index < -0.39 is 0 Å². The summed E-state index contributed by atoms with van der Waals surface area (Å²) in [5.41, 5.74) is 0. The van der Waals surface area contributed by atoms with Gasteiger partial charge in [-0.15, -0.1) is 24.0 Å². The Hall–Kier alpha value is 0. The molecule has 2 aliphatic carbocycles. The smallest absolute Gasteiger partial charge is 0.191 e. The highest BCUT2D eigenvalue weighted by molar-refractivity contribution is 14.0. The van der Waals surface area contributed by atoms with E-state index in [4.69, 9.17) is 0 Å². The van der Waals surface area contributed by atoms with Crippen molar-refractivity contribution < 1.29 is 0 Å². The molecule has 0 aromatic heterocycles. The van der Waals surface area contributed by atoms with E-state index in [1.54, 1.807) is 0 Å². The Bertz CT molecular complexity index is 271. The second kappa shape index (κ2) is 9.03. The van der Waals surface area contributed by atoms with Crippen LogP contribution in [-0.4, -0.2) is 25.1 Å². The number of guanidine groups is 1. The minimum absolute atomic E-state index is 0. The number of halogens is 1. The van der Waals surface area contributed by atoms with Crippen molar-refractivity contribution in [2.75, 3.05) is 7.05 Å². The third-order valence-electron chi connectivity index (χ3n) is 4.26. The van der Waals surface area contributed by atoms with Gasteiger partial charge in [-0.1, -0.05) is 32.1 Å². The van der Waals surface area contributed by atoms with Gasteiger partial charge < -0.3 is 10.6 Å². The quantitative estimate of drug-likeness (QED) is 0.434. The second-order valence-electron chi connectivity index (χ2n) is 6.12. The van der Waals surface area contributed by atoms with Gasteiger partial charge in [-0.25, -0.2) is 0 Å². The van der Waals surface area contributed by atoms with E-state index in [0.29, 0.717) is 12.1 Å². The lowest BCUT2D eigenvalue weighted by atomic mass is 9.85. The molecule has 0 bridgehead atoms. The fourth-order valence-corrected chi connectivity index (χ4v) is 2.86. The molecule has 2 N–H and O–H groups in total. The normalized spacial score (nSPS) is 22.5. The molecule has 19 heavy (non-hydrogen) atoms. The van der Waals surface area contributed by atoms with Crippen LogP contribution >= 0.6 is 24.0 Å². The second-order valence-corrected chi connectivity index (χ2v) is 6.12. The molecule has 1 unspecified atom stereocenters. The average Bonchev–Trinajstić information content (AvgIpc) is 3.21. The first-order valence-corrected chi connectivity index (χ1v) is 7.78. The van der Waals surface area contributed by atoms with E-state index in [0.717, 1.165) is 11.9 Å². The number of rotatable bonds is 5. The fourth-order valence-electron chi connectivity index (χ4n) is 2.86. The Balaban J connectivity index is 0.00000180. The SMILES string of the molecule is CN=C(NC(C)CCC1CCCCC1)NC1CC1.I. The van der Waals surface area contributed by atoms with Gasteiger partial charge in [0.15, 0.2) is 5.96 Å². The van der Waals surface area contributed by atoms with Crippen molar-refractivity contribution in [3.8, 4) is 0 Å². The monoisotopic (exact) mass is 379 g/mol. The van der Waals surface area contributed by atoms with Gasteiger partial charge in [0.25, 0.3) is 0 Å². The summed E-state index contributed by atoms with van der Waals surface area (Å²) in [6.45, 7) is 2.28. The van der Waals surface area contributed by atoms with E-state index >= 15 is 0 Å². The number of hydrogen-bond donors (Lipinski definition) is 2. The molecule has 2 fully saturated rings. The van der Waals surface area contributed by atoms with Crippen LogP contribution in [0.1, 0.15) is 64.7 Å². The summed E-state index contributed by atoms with van der Waals surface area (Å²) in [5, 5.41) is 6.96. The van der Waals surface area contributed by atoms with Gasteiger partial charge in [0, 0.05) is 19.1 Å². The first-order chi connectivity index (χ1) is 8.78. The summed E-state index contributed by atoms with van der Waals surface area (Å²) in [4.78, 5) is 4.30. The number of aliphatic imine (C=N–C) groups is 1. The molecule has 0 aliphatic heterocycles. The lowest BCUT2D eigenvalue weighted by Gasteiger charge is -2.24. The fraction of sp³-hybridized carbons (Fsp3) is 0.933. The summed E-state index contributed by atoms with van der Waals surface area (Å²) >= 11 is 0. The van der Waals surface area contributed by atoms with Gasteiger partial charge in [-0.2, -0.15) is 0 Å². The van der Waals surface area contributed by atoms with Crippen LogP contribution < -0.4 is 10.6 Å². The number of hydrogen-bond acceptors (Lipinski definition) is 1. The van der Waals surface area contributed by atoms with Crippen molar-refractivity contribution in [3.05, 3.63) is 0 Å². The summed E-state index contributed by atoms with van der Waals surface area (Å²) in [6, 6.07) is 1.22. The lowest BCUT2D eigenvalue weighted by Crippen LogP contribution is -2.43. The third kappa shape index (κ3) is 6.82. The zero-order chi connectivity index (χ0) is 12.8. The van der Waals surface area contributed by atoms with Gasteiger partial charge >= 0.3 is 0 Å². The zero-order valence-electron chi connectivity index (χ0n) is 12.5. The van der Waals surface area contributed by atoms with Crippen LogP contribution in [0.5, 0.6) is 0 Å². The van der Waals surface area contributed by atoms with Crippen LogP contribution in [0.15, 0.2) is 4.99 Å². The van der Waals surface area contributed by atoms with Crippen molar-refractivity contribution in [3.63, 3.8) is 0 Å². The Kier molecular flexibility index (Phi) is 8.11. The van der Waals surface area contributed by atoms with Crippen molar-refractivity contribution in [1.29, 1.82) is 0 Å². The first kappa shape index (κ1) is 17.1. The minimum Gasteiger partial charge on any atom is -0.354 e. The van der Waals surface area contributed by atoms with Crippen LogP contribution in [0.2, 0.25) is 0 Å². The number of nitrogens with zero attached hydrogens (tertiary/aromatic N) is 1. The van der Waals surface area contributed by atoms with Crippen LogP contribution in [0.4, 0.5) is 0 Å². The van der Waals surface area contributed by atoms with Crippen LogP contribution in [0.25, 0.3) is 0 Å². The standard InChI is InChI=1S/C15H29N3.HI/c1-12(8-9-13-6-4-3-5-7-13)17-15(16-2)18-14-10-11-14;/h12-14H,3-11H2,1-2H3,(H2,16,17,18);1H. The zero-order valence-corrected chi connectivity index (χ0v) is 14.8. The lowest BCUT2D eigenvalue weighted by molar-refractivity contribution is 0.322. The molecular weight excluding hydrogens is 349 g/mol. The maximum Gasteiger partial charge on any atom is 0.191 e. The molecule has 4 heteroatoms. The molecule has 0 amide bonds. The average molecular weight is 379 g/mol. The van der Waals surface area contributed by atoms with Crippen molar-refractivity contribution >= 4 is 29.9 Å². The first-order valence-electron chi connectivity index (χ1n) is 7.78. The number of nitrogens with one attached hydrogen (secondary N) is 2. The molecule has 2 saturated carbocycles. The molecule has 0 radical (unpaired) electrons. The maximum atomic E-state index is 4.30. The largest absolute Gasteiger partial charge is 0.354 e. The van der Waals surface area contributed by atoms with Crippen molar-refractivity contribution in [2.24, 2.45) is 10.9 Å². The summed E-state index contributed by atoms with van der Waals surface area (Å²) in [7, 11) is 1.87. The van der Waals surface area contributed by atoms with Gasteiger partial charge in [-0.3, -0.25) is 4.99 Å². The summed E-state index contributed by atoms with van der Waals surface area (Å²) in [6.07, 6.45) is 12.6. The van der Waals surface area contributed by atoms with Crippen molar-refractivity contribution in [2.45, 2.75) is 76.8 Å². The Morgan fingerprint density at radius 3 is 2.42 bits per heavy atom. The van der Waals surface area contributed by atoms with Crippen LogP contribution in [0.3, 0.4) is 0 Å². The predicted molar refractivity (Wildman–Crippen MR) is 93.3 cm³/mol. The Morgan fingerprint density at radius 1 is 1.16 bits per heavy atom. The summed E-state index contributed by atoms with van der Waals surface area (Å²) < 4.78 is 0. The van der Waals surface area contributed by atoms with E-state index in [9.17, 15) is 0 Å². The molecular formula is C15H30IN3. The molecule has 0 heterocycles. The van der Waals surface area contributed by atoms with Crippen LogP contribution in [-0.2, 0) is 0 Å². The van der Waals surface area contributed by atoms with Crippen LogP contribution in [0, 0.1) is 5.92 Å². The van der Waals surface area contributed by atoms with Gasteiger partial charge in [0.2, 0.25) is 0 Å². The summed E-state index contributed by atoms with van der Waals surface area (Å²) in [5.74, 6) is 1.98. The Labute approximate surface area is 135 Å². The molecule has 3 nitrogen and oxygen atoms in total. The molecule has 0 spiro atoms. The molecule has 2 aliphatic rings. The van der Waals surface area contributed by atoms with Gasteiger partial charge in [-0.05, 0) is 38.5 Å². The molecule has 2 rings (SSSR count). The van der Waals surface area contributed by atoms with E-state index in [-0.39, 0.29) is 24.0 Å².